The molecule has 0 atom stereocenters. The van der Waals surface area contributed by atoms with Gasteiger partial charge in [0.1, 0.15) is 12.0 Å². The van der Waals surface area contributed by atoms with Crippen LogP contribution in [0.4, 0.5) is 110 Å². The van der Waals surface area contributed by atoms with Crippen LogP contribution in [0, 0.1) is 5.82 Å². The van der Waals surface area contributed by atoms with Crippen LogP contribution in [0.15, 0.2) is 122 Å². The largest absolute Gasteiger partial charge is 0.416 e. The van der Waals surface area contributed by atoms with Gasteiger partial charge in [0.25, 0.3) is 0 Å². The van der Waals surface area contributed by atoms with Crippen molar-refractivity contribution in [1.82, 2.24) is 4.98 Å². The van der Waals surface area contributed by atoms with E-state index in [0.717, 1.165) is 0 Å². The molecule has 0 aliphatic carbocycles. The van der Waals surface area contributed by atoms with Crippen molar-refractivity contribution in [2.24, 2.45) is 0 Å². The second kappa shape index (κ2) is 18.9. The lowest BCUT2D eigenvalue weighted by molar-refractivity contribution is -0.689. The topological polar surface area (TPSA) is 16.8 Å². The van der Waals surface area contributed by atoms with Crippen LogP contribution in [-0.2, 0) is 56.0 Å². The SMILES string of the molecule is FC(F)(F)c1cc([B-](c2cc(C(F)(F)F)cc(C(F)(F)F)c2)(c2cc(C(F)(F)F)cc(C(F)(F)F)c2)c2cc(C(F)(F)F)cc(C(F)(F)F)c2)cc(C(F)(F)F)c1.Fc1ccccc1C[n+]1ccncc1. The molecule has 0 radical (unpaired) electrons. The lowest BCUT2D eigenvalue weighted by Gasteiger charge is -2.46. The third-order valence-electron chi connectivity index (χ3n) is 10.4. The zero-order valence-corrected chi connectivity index (χ0v) is 34.2. The van der Waals surface area contributed by atoms with Gasteiger partial charge in [0.2, 0.25) is 0 Å². The smallest absolute Gasteiger partial charge is 0.252 e. The highest BCUT2D eigenvalue weighted by molar-refractivity contribution is 7.20. The van der Waals surface area contributed by atoms with Crippen LogP contribution in [0.25, 0.3) is 0 Å². The Morgan fingerprint density at radius 1 is 0.338 bits per heavy atom. The van der Waals surface area contributed by atoms with Gasteiger partial charge in [0.05, 0.1) is 62.5 Å². The Morgan fingerprint density at radius 2 is 0.563 bits per heavy atom. The second-order valence-corrected chi connectivity index (χ2v) is 15.2. The van der Waals surface area contributed by atoms with Crippen LogP contribution in [0.1, 0.15) is 50.1 Å². The summed E-state index contributed by atoms with van der Waals surface area (Å²) in [5.41, 5.74) is -29.5. The van der Waals surface area contributed by atoms with E-state index in [4.69, 9.17) is 0 Å². The van der Waals surface area contributed by atoms with Crippen molar-refractivity contribution in [3.8, 4) is 0 Å². The van der Waals surface area contributed by atoms with E-state index in [1.54, 1.807) is 24.5 Å². The van der Waals surface area contributed by atoms with Crippen molar-refractivity contribution in [3.63, 3.8) is 0 Å². The normalized spacial score (nSPS) is 13.5. The van der Waals surface area contributed by atoms with Crippen molar-refractivity contribution in [1.29, 1.82) is 0 Å². The number of hydrogen-bond acceptors (Lipinski definition) is 1. The molecule has 0 spiro atoms. The molecule has 0 bridgehead atoms. The standard InChI is InChI=1S/C32H12BF24.C11H10FN2/c34-25(35,36)13-1-14(26(37,38)39)6-21(5-13)33(22-7-15(27(40,41)42)2-16(8-22)28(43,44)45,23-9-17(29(46,47)48)3-18(10-23)30(49,50)51)24-11-19(31(52,53)54)4-20(12-24)32(55,56)57;12-11-4-2-1-3-10(11)9-14-7-5-13-6-8-14/h1-12H;1-8H,9H2/q-1;+1. The predicted molar refractivity (Wildman–Crippen MR) is 200 cm³/mol. The van der Waals surface area contributed by atoms with Gasteiger partial charge >= 0.3 is 49.4 Å². The summed E-state index contributed by atoms with van der Waals surface area (Å²) in [7, 11) is 0. The van der Waals surface area contributed by atoms with E-state index in [1.807, 2.05) is 23.0 Å². The molecule has 2 nitrogen and oxygen atoms in total. The average Bonchev–Trinajstić information content (AvgIpc) is 3.22. The van der Waals surface area contributed by atoms with Gasteiger partial charge in [0.15, 0.2) is 18.9 Å². The summed E-state index contributed by atoms with van der Waals surface area (Å²) in [5.74, 6) is -0.170. The van der Waals surface area contributed by atoms with Gasteiger partial charge in [-0.3, -0.25) is 4.98 Å². The van der Waals surface area contributed by atoms with E-state index < -0.39 is 195 Å². The number of hydrogen-bond donors (Lipinski definition) is 0. The number of aromatic nitrogens is 2. The molecule has 0 aliphatic rings. The van der Waals surface area contributed by atoms with Gasteiger partial charge in [-0.2, -0.15) is 132 Å². The second-order valence-electron chi connectivity index (χ2n) is 15.2. The molecule has 0 fully saturated rings. The Labute approximate surface area is 380 Å². The van der Waals surface area contributed by atoms with Gasteiger partial charge in [-0.05, 0) is 36.4 Å². The molecular weight excluding hydrogens is 1030 g/mol. The van der Waals surface area contributed by atoms with Crippen molar-refractivity contribution < 1.29 is 114 Å². The maximum absolute atomic E-state index is 14.2. The van der Waals surface area contributed by atoms with Gasteiger partial charge in [-0.1, -0.05) is 60.7 Å². The lowest BCUT2D eigenvalue weighted by Crippen LogP contribution is -2.75. The quantitative estimate of drug-likeness (QED) is 0.0923. The van der Waals surface area contributed by atoms with Crippen LogP contribution in [-0.4, -0.2) is 11.1 Å². The molecule has 5 aromatic carbocycles. The van der Waals surface area contributed by atoms with Gasteiger partial charge in [-0.15, -0.1) is 0 Å². The first-order valence-electron chi connectivity index (χ1n) is 19.0. The first kappa shape index (κ1) is 55.4. The molecular formula is C43H22BF25N2. The molecule has 382 valence electrons. The fraction of sp³-hybridized carbons (Fsp3) is 0.209. The summed E-state index contributed by atoms with van der Waals surface area (Å²) < 4.78 is 356. The van der Waals surface area contributed by atoms with Crippen molar-refractivity contribution in [3.05, 3.63) is 178 Å². The Hall–Kier alpha value is -6.51. The molecule has 0 unspecified atom stereocenters. The number of alkyl halides is 24. The van der Waals surface area contributed by atoms with E-state index in [-0.39, 0.29) is 5.82 Å². The molecule has 71 heavy (non-hydrogen) atoms. The zero-order chi connectivity index (χ0) is 53.7. The van der Waals surface area contributed by atoms with Crippen molar-refractivity contribution >= 4 is 28.0 Å². The molecule has 0 aliphatic heterocycles. The number of benzene rings is 5. The molecule has 0 N–H and O–H groups in total. The van der Waals surface area contributed by atoms with E-state index in [9.17, 15) is 110 Å². The summed E-state index contributed by atoms with van der Waals surface area (Å²) in [5, 5.41) is 0. The van der Waals surface area contributed by atoms with E-state index >= 15 is 0 Å². The molecule has 1 aromatic heterocycles. The van der Waals surface area contributed by atoms with Crippen LogP contribution < -0.4 is 26.4 Å². The summed E-state index contributed by atoms with van der Waals surface area (Å²) in [4.78, 5) is 3.89. The fourth-order valence-electron chi connectivity index (χ4n) is 7.35. The summed E-state index contributed by atoms with van der Waals surface area (Å²) in [6, 6.07) is -2.04. The third kappa shape index (κ3) is 12.9. The van der Waals surface area contributed by atoms with Crippen LogP contribution >= 0.6 is 0 Å². The summed E-state index contributed by atoms with van der Waals surface area (Å²) in [6.45, 7) is 0.537. The number of halogens is 25. The molecule has 0 amide bonds. The van der Waals surface area contributed by atoms with E-state index in [0.29, 0.717) is 12.1 Å². The molecule has 28 heteroatoms. The maximum Gasteiger partial charge on any atom is 0.416 e. The Kier molecular flexibility index (Phi) is 14.8. The molecule has 6 rings (SSSR count). The number of nitrogens with zero attached hydrogens (tertiary/aromatic N) is 2. The highest BCUT2D eigenvalue weighted by Crippen LogP contribution is 2.41. The minimum atomic E-state index is -6.13. The third-order valence-corrected chi connectivity index (χ3v) is 10.4. The lowest BCUT2D eigenvalue weighted by atomic mass is 9.12. The van der Waals surface area contributed by atoms with Crippen molar-refractivity contribution in [2.45, 2.75) is 56.0 Å². The van der Waals surface area contributed by atoms with Crippen molar-refractivity contribution in [2.75, 3.05) is 0 Å². The Morgan fingerprint density at radius 3 is 0.775 bits per heavy atom. The highest BCUT2D eigenvalue weighted by atomic mass is 19.4. The molecule has 1 heterocycles. The van der Waals surface area contributed by atoms with Crippen LogP contribution in [0.3, 0.4) is 0 Å². The molecule has 0 saturated carbocycles. The monoisotopic (exact) mass is 1050 g/mol. The first-order valence-corrected chi connectivity index (χ1v) is 19.0. The van der Waals surface area contributed by atoms with E-state index in [1.165, 1.54) is 6.07 Å². The van der Waals surface area contributed by atoms with E-state index in [2.05, 4.69) is 4.98 Å². The summed E-state index contributed by atoms with van der Waals surface area (Å²) in [6.07, 6.45) is -47.8. The predicted octanol–water partition coefficient (Wildman–Crippen LogP) is 12.8. The van der Waals surface area contributed by atoms with Gasteiger partial charge in [-0.25, -0.2) is 4.39 Å². The maximum atomic E-state index is 14.2. The fourth-order valence-corrected chi connectivity index (χ4v) is 7.35. The average molecular weight is 1050 g/mol. The molecule has 0 saturated heterocycles. The Balaban J connectivity index is 0.000000569. The Bertz CT molecular complexity index is 2410. The molecule has 6 aromatic rings. The summed E-state index contributed by atoms with van der Waals surface area (Å²) >= 11 is 0. The van der Waals surface area contributed by atoms with Crippen LogP contribution in [0.2, 0.25) is 0 Å². The minimum Gasteiger partial charge on any atom is -0.252 e. The number of rotatable bonds is 6. The van der Waals surface area contributed by atoms with Gasteiger partial charge < -0.3 is 0 Å². The minimum absolute atomic E-state index is 0.170. The first-order chi connectivity index (χ1) is 32.1. The highest BCUT2D eigenvalue weighted by Gasteiger charge is 2.47. The zero-order valence-electron chi connectivity index (χ0n) is 34.2. The van der Waals surface area contributed by atoms with Crippen LogP contribution in [0.5, 0.6) is 0 Å². The van der Waals surface area contributed by atoms with Gasteiger partial charge in [0, 0.05) is 0 Å².